The van der Waals surface area contributed by atoms with Crippen molar-refractivity contribution in [3.63, 3.8) is 0 Å². The maximum atomic E-state index is 8.64. The minimum absolute atomic E-state index is 0.0130. The van der Waals surface area contributed by atoms with Crippen LogP contribution in [0.3, 0.4) is 0 Å². The summed E-state index contributed by atoms with van der Waals surface area (Å²) in [6.07, 6.45) is 0. The summed E-state index contributed by atoms with van der Waals surface area (Å²) in [6.45, 7) is -0.938. The molecule has 0 radical (unpaired) electrons. The molecule has 17 heavy (non-hydrogen) atoms. The summed E-state index contributed by atoms with van der Waals surface area (Å²) in [7, 11) is 0. The van der Waals surface area contributed by atoms with E-state index in [1.54, 1.807) is 0 Å². The highest BCUT2D eigenvalue weighted by molar-refractivity contribution is 4.78. The summed E-state index contributed by atoms with van der Waals surface area (Å²) in [5.74, 6) is 0. The molecular formula is C9H21NO7. The second-order valence-electron chi connectivity index (χ2n) is 3.45. The number of rotatable bonds is 12. The van der Waals surface area contributed by atoms with Crippen LogP contribution in [-0.4, -0.2) is 68.9 Å². The van der Waals surface area contributed by atoms with Gasteiger partial charge in [0.15, 0.2) is 0 Å². The van der Waals surface area contributed by atoms with E-state index in [9.17, 15) is 0 Å². The molecule has 8 nitrogen and oxygen atoms in total. The molecule has 0 aliphatic rings. The molecule has 0 aromatic carbocycles. The van der Waals surface area contributed by atoms with Crippen molar-refractivity contribution in [1.29, 1.82) is 0 Å². The van der Waals surface area contributed by atoms with Crippen molar-refractivity contribution < 1.29 is 34.3 Å². The molecule has 0 aliphatic carbocycles. The molecule has 8 heteroatoms. The molecule has 0 atom stereocenters. The van der Waals surface area contributed by atoms with Crippen molar-refractivity contribution in [3.8, 4) is 0 Å². The van der Waals surface area contributed by atoms with Gasteiger partial charge in [-0.1, -0.05) is 0 Å². The first-order valence-electron chi connectivity index (χ1n) is 5.08. The monoisotopic (exact) mass is 255 g/mol. The van der Waals surface area contributed by atoms with Crippen LogP contribution in [0.15, 0.2) is 0 Å². The zero-order valence-corrected chi connectivity index (χ0v) is 9.71. The molecular weight excluding hydrogens is 234 g/mol. The number of aliphatic hydroxyl groups is 3. The predicted molar refractivity (Wildman–Crippen MR) is 56.6 cm³/mol. The number of ether oxygens (including phenoxy) is 4. The van der Waals surface area contributed by atoms with Crippen molar-refractivity contribution in [3.05, 3.63) is 0 Å². The van der Waals surface area contributed by atoms with Gasteiger partial charge in [0.1, 0.15) is 20.4 Å². The largest absolute Gasteiger partial charge is 0.371 e. The summed E-state index contributed by atoms with van der Waals surface area (Å²) in [4.78, 5) is 0. The fourth-order valence-electron chi connectivity index (χ4n) is 1.31. The third-order valence-corrected chi connectivity index (χ3v) is 2.02. The molecule has 0 saturated carbocycles. The number of hydrogen-bond donors (Lipinski definition) is 4. The van der Waals surface area contributed by atoms with Crippen molar-refractivity contribution in [2.24, 2.45) is 11.1 Å². The van der Waals surface area contributed by atoms with Gasteiger partial charge in [-0.2, -0.15) is 0 Å². The lowest BCUT2D eigenvalue weighted by Gasteiger charge is -2.31. The lowest BCUT2D eigenvalue weighted by Crippen LogP contribution is -2.42. The Balaban J connectivity index is 4.39. The molecule has 0 unspecified atom stereocenters. The first-order valence-corrected chi connectivity index (χ1v) is 5.08. The van der Waals surface area contributed by atoms with Crippen LogP contribution in [0, 0.1) is 5.41 Å². The van der Waals surface area contributed by atoms with E-state index in [4.69, 9.17) is 40.0 Å². The summed E-state index contributed by atoms with van der Waals surface area (Å²) in [6, 6.07) is 0. The molecule has 0 rings (SSSR count). The smallest absolute Gasteiger partial charge is 0.143 e. The van der Waals surface area contributed by atoms with Crippen LogP contribution in [0.5, 0.6) is 0 Å². The standard InChI is InChI=1S/C9H21NO7/c10-5-14-1-9(2-15-6-11,3-16-7-12)4-17-8-13/h11-13H,1-8,10H2. The molecule has 0 aromatic rings. The fraction of sp³-hybridized carbons (Fsp3) is 1.00. The Morgan fingerprint density at radius 2 is 1.06 bits per heavy atom. The average Bonchev–Trinajstić information content (AvgIpc) is 2.37. The van der Waals surface area contributed by atoms with E-state index in [0.717, 1.165) is 0 Å². The van der Waals surface area contributed by atoms with Crippen LogP contribution in [0.25, 0.3) is 0 Å². The Morgan fingerprint density at radius 1 is 0.706 bits per heavy atom. The molecule has 0 bridgehead atoms. The van der Waals surface area contributed by atoms with Gasteiger partial charge in [-0.3, -0.25) is 0 Å². The highest BCUT2D eigenvalue weighted by atomic mass is 16.6. The van der Waals surface area contributed by atoms with Gasteiger partial charge in [0.2, 0.25) is 0 Å². The van der Waals surface area contributed by atoms with Crippen molar-refractivity contribution in [2.75, 3.05) is 53.5 Å². The minimum atomic E-state index is -0.742. The van der Waals surface area contributed by atoms with E-state index in [0.29, 0.717) is 0 Å². The van der Waals surface area contributed by atoms with Crippen LogP contribution in [0.2, 0.25) is 0 Å². The van der Waals surface area contributed by atoms with Crippen LogP contribution in [0.1, 0.15) is 0 Å². The predicted octanol–water partition coefficient (Wildman–Crippen LogP) is -2.20. The van der Waals surface area contributed by atoms with Crippen LogP contribution in [-0.2, 0) is 18.9 Å². The Labute approximate surface area is 99.8 Å². The molecule has 5 N–H and O–H groups in total. The van der Waals surface area contributed by atoms with Gasteiger partial charge >= 0.3 is 0 Å². The fourth-order valence-corrected chi connectivity index (χ4v) is 1.31. The maximum absolute atomic E-state index is 8.64. The second kappa shape index (κ2) is 10.8. The van der Waals surface area contributed by atoms with Gasteiger partial charge in [0.25, 0.3) is 0 Å². The molecule has 0 aromatic heterocycles. The summed E-state index contributed by atoms with van der Waals surface area (Å²) in [5.41, 5.74) is 4.49. The van der Waals surface area contributed by atoms with E-state index >= 15 is 0 Å². The Hall–Kier alpha value is -0.320. The van der Waals surface area contributed by atoms with Gasteiger partial charge in [-0.25, -0.2) is 0 Å². The van der Waals surface area contributed by atoms with Crippen molar-refractivity contribution in [1.82, 2.24) is 0 Å². The van der Waals surface area contributed by atoms with Gasteiger partial charge in [-0.15, -0.1) is 0 Å². The highest BCUT2D eigenvalue weighted by Gasteiger charge is 2.32. The summed E-state index contributed by atoms with van der Waals surface area (Å²) in [5, 5.41) is 25.9. The zero-order chi connectivity index (χ0) is 13.0. The topological polar surface area (TPSA) is 124 Å². The average molecular weight is 255 g/mol. The third kappa shape index (κ3) is 7.58. The first-order chi connectivity index (χ1) is 8.24. The van der Waals surface area contributed by atoms with E-state index < -0.39 is 25.8 Å². The quantitative estimate of drug-likeness (QED) is 0.290. The molecule has 0 fully saturated rings. The van der Waals surface area contributed by atoms with Crippen LogP contribution in [0.4, 0.5) is 0 Å². The highest BCUT2D eigenvalue weighted by Crippen LogP contribution is 2.20. The van der Waals surface area contributed by atoms with Gasteiger partial charge < -0.3 is 40.0 Å². The first kappa shape index (κ1) is 16.7. The maximum Gasteiger partial charge on any atom is 0.143 e. The van der Waals surface area contributed by atoms with E-state index in [1.165, 1.54) is 0 Å². The van der Waals surface area contributed by atoms with Gasteiger partial charge in [0, 0.05) is 0 Å². The Kier molecular flexibility index (Phi) is 10.6. The Morgan fingerprint density at radius 3 is 1.35 bits per heavy atom. The molecule has 0 spiro atoms. The van der Waals surface area contributed by atoms with E-state index in [-0.39, 0.29) is 33.2 Å². The SMILES string of the molecule is NCOCC(COCO)(COCO)COCO. The van der Waals surface area contributed by atoms with E-state index in [1.807, 2.05) is 0 Å². The lowest BCUT2D eigenvalue weighted by molar-refractivity contribution is -0.153. The minimum Gasteiger partial charge on any atom is -0.371 e. The normalized spacial score (nSPS) is 12.0. The number of nitrogens with two attached hydrogens (primary N) is 1. The Bertz CT molecular complexity index is 132. The van der Waals surface area contributed by atoms with E-state index in [2.05, 4.69) is 0 Å². The number of hydrogen-bond acceptors (Lipinski definition) is 8. The van der Waals surface area contributed by atoms with Crippen molar-refractivity contribution in [2.45, 2.75) is 0 Å². The third-order valence-electron chi connectivity index (χ3n) is 2.02. The molecule has 0 aliphatic heterocycles. The van der Waals surface area contributed by atoms with Gasteiger partial charge in [-0.05, 0) is 0 Å². The van der Waals surface area contributed by atoms with Crippen LogP contribution < -0.4 is 5.73 Å². The molecule has 0 heterocycles. The second-order valence-corrected chi connectivity index (χ2v) is 3.45. The lowest BCUT2D eigenvalue weighted by atomic mass is 9.92. The molecule has 0 saturated heterocycles. The zero-order valence-electron chi connectivity index (χ0n) is 9.71. The number of aliphatic hydroxyl groups excluding tert-OH is 3. The summed E-state index contributed by atoms with van der Waals surface area (Å²) < 4.78 is 19.8. The van der Waals surface area contributed by atoms with Crippen LogP contribution >= 0.6 is 0 Å². The summed E-state index contributed by atoms with van der Waals surface area (Å²) >= 11 is 0. The van der Waals surface area contributed by atoms with Crippen molar-refractivity contribution >= 4 is 0 Å². The molecule has 104 valence electrons. The van der Waals surface area contributed by atoms with Gasteiger partial charge in [0.05, 0.1) is 38.6 Å². The molecule has 0 amide bonds.